The minimum Gasteiger partial charge on any atom is -0.314 e. The molecule has 1 N–H and O–H groups in total. The van der Waals surface area contributed by atoms with Gasteiger partial charge in [-0.2, -0.15) is 16.8 Å². The predicted octanol–water partition coefficient (Wildman–Crippen LogP) is 0.586. The Bertz CT molecular complexity index is 53.7. The maximum absolute atomic E-state index is 8.70. The molecule has 41 valence electrons. The standard InChI is InChI=1S/C4H8NOS/c6-5-1-3-7-4-2-5/h3,6H,1-2,4H2. The van der Waals surface area contributed by atoms with Crippen LogP contribution < -0.4 is 0 Å². The molecule has 0 unspecified atom stereocenters. The summed E-state index contributed by atoms with van der Waals surface area (Å²) in [5, 5.41) is 10.0. The van der Waals surface area contributed by atoms with Crippen molar-refractivity contribution in [1.82, 2.24) is 5.06 Å². The fraction of sp³-hybridized carbons (Fsp3) is 0.750. The van der Waals surface area contributed by atoms with E-state index in [9.17, 15) is 0 Å². The van der Waals surface area contributed by atoms with Crippen LogP contribution in [0.25, 0.3) is 0 Å². The van der Waals surface area contributed by atoms with Crippen LogP contribution >= 0.6 is 11.8 Å². The van der Waals surface area contributed by atoms with Crippen molar-refractivity contribution < 1.29 is 5.21 Å². The van der Waals surface area contributed by atoms with Crippen LogP contribution in [0.3, 0.4) is 0 Å². The van der Waals surface area contributed by atoms with Gasteiger partial charge in [0, 0.05) is 24.6 Å². The predicted molar refractivity (Wildman–Crippen MR) is 30.1 cm³/mol. The second-order valence-electron chi connectivity index (χ2n) is 1.45. The largest absolute Gasteiger partial charge is 0.314 e. The van der Waals surface area contributed by atoms with Gasteiger partial charge in [0.15, 0.2) is 0 Å². The fourth-order valence-corrected chi connectivity index (χ4v) is 1.23. The highest BCUT2D eigenvalue weighted by Gasteiger charge is 2.05. The first-order valence-electron chi connectivity index (χ1n) is 2.27. The lowest BCUT2D eigenvalue weighted by Gasteiger charge is -2.17. The lowest BCUT2D eigenvalue weighted by atomic mass is 10.6. The zero-order valence-corrected chi connectivity index (χ0v) is 4.82. The van der Waals surface area contributed by atoms with Crippen LogP contribution in [0.5, 0.6) is 0 Å². The summed E-state index contributed by atoms with van der Waals surface area (Å²) in [5.41, 5.74) is 0. The zero-order valence-electron chi connectivity index (χ0n) is 4.00. The summed E-state index contributed by atoms with van der Waals surface area (Å²) >= 11 is 1.77. The van der Waals surface area contributed by atoms with Crippen molar-refractivity contribution in [2.24, 2.45) is 0 Å². The van der Waals surface area contributed by atoms with Crippen molar-refractivity contribution in [1.29, 1.82) is 0 Å². The van der Waals surface area contributed by atoms with Crippen LogP contribution in [0.1, 0.15) is 0 Å². The van der Waals surface area contributed by atoms with Gasteiger partial charge in [-0.1, -0.05) is 0 Å². The Kier molecular flexibility index (Phi) is 1.97. The van der Waals surface area contributed by atoms with Gasteiger partial charge in [0.25, 0.3) is 0 Å². The van der Waals surface area contributed by atoms with E-state index in [1.807, 2.05) is 5.75 Å². The summed E-state index contributed by atoms with van der Waals surface area (Å²) in [4.78, 5) is 0. The average molecular weight is 118 g/mol. The molecule has 1 heterocycles. The summed E-state index contributed by atoms with van der Waals surface area (Å²) in [6, 6.07) is 0. The second kappa shape index (κ2) is 2.55. The minimum absolute atomic E-state index is 0.713. The molecule has 1 fully saturated rings. The third kappa shape index (κ3) is 1.67. The van der Waals surface area contributed by atoms with Gasteiger partial charge < -0.3 is 5.21 Å². The smallest absolute Gasteiger partial charge is 0.0369 e. The van der Waals surface area contributed by atoms with E-state index in [0.717, 1.165) is 12.3 Å². The van der Waals surface area contributed by atoms with Gasteiger partial charge in [-0.3, -0.25) is 0 Å². The molecule has 0 saturated carbocycles. The highest BCUT2D eigenvalue weighted by Crippen LogP contribution is 2.10. The molecule has 1 saturated heterocycles. The summed E-state index contributed by atoms with van der Waals surface area (Å²) in [5.74, 6) is 3.03. The molecule has 0 aromatic carbocycles. The van der Waals surface area contributed by atoms with Gasteiger partial charge in [-0.15, -0.1) is 0 Å². The Morgan fingerprint density at radius 3 is 2.86 bits per heavy atom. The molecular weight excluding hydrogens is 110 g/mol. The molecule has 0 amide bonds. The first-order valence-corrected chi connectivity index (χ1v) is 3.31. The SMILES string of the molecule is ON1C[CH]SCC1. The van der Waals surface area contributed by atoms with Crippen LogP contribution in [0.4, 0.5) is 0 Å². The quantitative estimate of drug-likeness (QED) is 0.503. The molecule has 0 atom stereocenters. The van der Waals surface area contributed by atoms with Crippen LogP contribution in [-0.2, 0) is 0 Å². The van der Waals surface area contributed by atoms with E-state index in [-0.39, 0.29) is 0 Å². The molecule has 0 aromatic heterocycles. The third-order valence-corrected chi connectivity index (χ3v) is 1.67. The van der Waals surface area contributed by atoms with Gasteiger partial charge in [-0.05, 0) is 0 Å². The van der Waals surface area contributed by atoms with Gasteiger partial charge in [0.2, 0.25) is 0 Å². The van der Waals surface area contributed by atoms with Gasteiger partial charge in [0.05, 0.1) is 0 Å². The fourth-order valence-electron chi connectivity index (χ4n) is 0.471. The Morgan fingerprint density at radius 1 is 1.71 bits per heavy atom. The normalized spacial score (nSPS) is 25.3. The summed E-state index contributed by atoms with van der Waals surface area (Å²) in [6.07, 6.45) is 0. The first-order chi connectivity index (χ1) is 3.39. The Hall–Kier alpha value is 0.270. The average Bonchev–Trinajstić information content (AvgIpc) is 1.69. The maximum atomic E-state index is 8.70. The molecule has 3 heteroatoms. The number of rotatable bonds is 0. The highest BCUT2D eigenvalue weighted by molar-refractivity contribution is 8.01. The van der Waals surface area contributed by atoms with Crippen molar-refractivity contribution in [2.75, 3.05) is 18.8 Å². The summed E-state index contributed by atoms with van der Waals surface area (Å²) < 4.78 is 0. The highest BCUT2D eigenvalue weighted by atomic mass is 32.2. The van der Waals surface area contributed by atoms with Gasteiger partial charge >= 0.3 is 0 Å². The Labute approximate surface area is 47.5 Å². The minimum atomic E-state index is 0.713. The maximum Gasteiger partial charge on any atom is 0.0369 e. The lowest BCUT2D eigenvalue weighted by molar-refractivity contribution is -0.0775. The van der Waals surface area contributed by atoms with Crippen molar-refractivity contribution in [3.05, 3.63) is 5.75 Å². The molecule has 0 bridgehead atoms. The number of hydrogen-bond acceptors (Lipinski definition) is 3. The molecule has 1 radical (unpaired) electrons. The monoisotopic (exact) mass is 118 g/mol. The Balaban J connectivity index is 2.12. The number of hydroxylamine groups is 2. The molecule has 0 aliphatic carbocycles. The van der Waals surface area contributed by atoms with Crippen LogP contribution in [-0.4, -0.2) is 29.1 Å². The number of nitrogens with zero attached hydrogens (tertiary/aromatic N) is 1. The van der Waals surface area contributed by atoms with Crippen molar-refractivity contribution in [2.45, 2.75) is 0 Å². The topological polar surface area (TPSA) is 23.5 Å². The van der Waals surface area contributed by atoms with E-state index in [4.69, 9.17) is 5.21 Å². The van der Waals surface area contributed by atoms with E-state index < -0.39 is 0 Å². The third-order valence-electron chi connectivity index (χ3n) is 0.870. The lowest BCUT2D eigenvalue weighted by Crippen LogP contribution is -2.26. The van der Waals surface area contributed by atoms with Crippen LogP contribution in [0, 0.1) is 5.75 Å². The van der Waals surface area contributed by atoms with Crippen LogP contribution in [0.2, 0.25) is 0 Å². The van der Waals surface area contributed by atoms with E-state index in [1.165, 1.54) is 5.06 Å². The molecule has 7 heavy (non-hydrogen) atoms. The number of thioether (sulfide) groups is 1. The van der Waals surface area contributed by atoms with E-state index in [1.54, 1.807) is 11.8 Å². The molecule has 1 rings (SSSR count). The molecule has 0 aromatic rings. The second-order valence-corrected chi connectivity index (χ2v) is 2.53. The van der Waals surface area contributed by atoms with Gasteiger partial charge in [-0.25, -0.2) is 0 Å². The van der Waals surface area contributed by atoms with Gasteiger partial charge in [0.1, 0.15) is 0 Å². The van der Waals surface area contributed by atoms with Crippen LogP contribution in [0.15, 0.2) is 0 Å². The molecule has 1 aliphatic heterocycles. The molecule has 2 nitrogen and oxygen atoms in total. The number of hydrogen-bond donors (Lipinski definition) is 1. The van der Waals surface area contributed by atoms with Crippen molar-refractivity contribution >= 4 is 11.8 Å². The van der Waals surface area contributed by atoms with E-state index >= 15 is 0 Å². The zero-order chi connectivity index (χ0) is 5.11. The molecule has 0 spiro atoms. The van der Waals surface area contributed by atoms with E-state index in [0.29, 0.717) is 6.54 Å². The van der Waals surface area contributed by atoms with Crippen molar-refractivity contribution in [3.63, 3.8) is 0 Å². The van der Waals surface area contributed by atoms with Crippen molar-refractivity contribution in [3.8, 4) is 0 Å². The molecule has 1 aliphatic rings. The summed E-state index contributed by atoms with van der Waals surface area (Å²) in [7, 11) is 0. The Morgan fingerprint density at radius 2 is 2.57 bits per heavy atom. The summed E-state index contributed by atoms with van der Waals surface area (Å²) in [6.45, 7) is 1.52. The first kappa shape index (κ1) is 5.41. The van der Waals surface area contributed by atoms with E-state index in [2.05, 4.69) is 0 Å². The molecular formula is C4H8NOS.